The minimum Gasteiger partial charge on any atom is -0.314 e. The predicted molar refractivity (Wildman–Crippen MR) is 79.3 cm³/mol. The van der Waals surface area contributed by atoms with Crippen molar-refractivity contribution in [2.45, 2.75) is 13.0 Å². The van der Waals surface area contributed by atoms with Crippen molar-refractivity contribution in [2.24, 2.45) is 0 Å². The van der Waals surface area contributed by atoms with E-state index >= 15 is 0 Å². The molecule has 0 unspecified atom stereocenters. The van der Waals surface area contributed by atoms with Crippen molar-refractivity contribution < 1.29 is 4.39 Å². The Balaban J connectivity index is 0.00000162. The number of piperazine rings is 1. The largest absolute Gasteiger partial charge is 0.314 e. The van der Waals surface area contributed by atoms with Gasteiger partial charge in [-0.1, -0.05) is 28.1 Å². The molecule has 0 aromatic heterocycles. The molecular weight excluding hydrogens is 319 g/mol. The number of hydrogen-bond acceptors (Lipinski definition) is 2. The zero-order valence-corrected chi connectivity index (χ0v) is 12.9. The Labute approximate surface area is 122 Å². The van der Waals surface area contributed by atoms with E-state index in [0.29, 0.717) is 0 Å². The van der Waals surface area contributed by atoms with Crippen LogP contribution in [0.15, 0.2) is 22.7 Å². The van der Waals surface area contributed by atoms with E-state index in [1.54, 1.807) is 0 Å². The van der Waals surface area contributed by atoms with Gasteiger partial charge >= 0.3 is 0 Å². The average molecular weight is 338 g/mol. The number of nitrogens with one attached hydrogen (secondary N) is 1. The summed E-state index contributed by atoms with van der Waals surface area (Å²) in [6.45, 7) is 5.45. The zero-order chi connectivity index (χ0) is 12.3. The first-order valence-corrected chi connectivity index (χ1v) is 6.78. The fourth-order valence-corrected chi connectivity index (χ4v) is 2.60. The van der Waals surface area contributed by atoms with Crippen molar-refractivity contribution in [3.63, 3.8) is 0 Å². The Morgan fingerprint density at radius 3 is 2.61 bits per heavy atom. The summed E-state index contributed by atoms with van der Waals surface area (Å²) in [4.78, 5) is 2.22. The lowest BCUT2D eigenvalue weighted by Crippen LogP contribution is -2.45. The van der Waals surface area contributed by atoms with Gasteiger partial charge in [0.1, 0.15) is 6.67 Å². The minimum absolute atomic E-state index is 0. The number of nitrogens with zero attached hydrogens (tertiary/aromatic N) is 1. The average Bonchev–Trinajstić information content (AvgIpc) is 2.36. The van der Waals surface area contributed by atoms with Gasteiger partial charge in [-0.25, -0.2) is 4.39 Å². The first-order valence-electron chi connectivity index (χ1n) is 5.99. The Bertz CT molecular complexity index is 383. The first-order chi connectivity index (χ1) is 8.22. The summed E-state index contributed by atoms with van der Waals surface area (Å²) in [7, 11) is 0. The van der Waals surface area contributed by atoms with Crippen LogP contribution in [0.5, 0.6) is 0 Å². The van der Waals surface area contributed by atoms with Gasteiger partial charge < -0.3 is 5.32 Å². The van der Waals surface area contributed by atoms with Crippen LogP contribution in [0.1, 0.15) is 17.2 Å². The van der Waals surface area contributed by atoms with Crippen LogP contribution in [0, 0.1) is 6.92 Å². The molecule has 18 heavy (non-hydrogen) atoms. The monoisotopic (exact) mass is 336 g/mol. The highest BCUT2D eigenvalue weighted by molar-refractivity contribution is 9.10. The van der Waals surface area contributed by atoms with Gasteiger partial charge in [0, 0.05) is 30.7 Å². The molecule has 1 aliphatic heterocycles. The number of hydrogen-bond donors (Lipinski definition) is 1. The Morgan fingerprint density at radius 1 is 1.39 bits per heavy atom. The fourth-order valence-electron chi connectivity index (χ4n) is 2.21. The Hall–Kier alpha value is -0.160. The molecule has 1 aromatic rings. The number of halogens is 3. The van der Waals surface area contributed by atoms with E-state index in [1.165, 1.54) is 5.56 Å². The first kappa shape index (κ1) is 15.9. The third-order valence-electron chi connectivity index (χ3n) is 3.32. The molecule has 0 aliphatic carbocycles. The van der Waals surface area contributed by atoms with Crippen LogP contribution in [0.4, 0.5) is 4.39 Å². The Morgan fingerprint density at radius 2 is 2.06 bits per heavy atom. The van der Waals surface area contributed by atoms with Crippen LogP contribution in [-0.4, -0.2) is 37.8 Å². The van der Waals surface area contributed by atoms with Gasteiger partial charge in [0.2, 0.25) is 0 Å². The maximum absolute atomic E-state index is 13.3. The second-order valence-electron chi connectivity index (χ2n) is 4.46. The van der Waals surface area contributed by atoms with Crippen molar-refractivity contribution in [2.75, 3.05) is 32.9 Å². The fraction of sp³-hybridized carbons (Fsp3) is 0.538. The summed E-state index contributed by atoms with van der Waals surface area (Å²) >= 11 is 3.51. The van der Waals surface area contributed by atoms with E-state index in [4.69, 9.17) is 0 Å². The number of alkyl halides is 1. The van der Waals surface area contributed by atoms with E-state index in [2.05, 4.69) is 26.1 Å². The maximum Gasteiger partial charge on any atom is 0.109 e. The van der Waals surface area contributed by atoms with Crippen LogP contribution >= 0.6 is 28.3 Å². The molecule has 1 N–H and O–H groups in total. The smallest absolute Gasteiger partial charge is 0.109 e. The molecule has 102 valence electrons. The van der Waals surface area contributed by atoms with Crippen LogP contribution < -0.4 is 5.32 Å². The molecule has 2 rings (SSSR count). The number of benzene rings is 1. The quantitative estimate of drug-likeness (QED) is 0.912. The zero-order valence-electron chi connectivity index (χ0n) is 10.5. The van der Waals surface area contributed by atoms with Crippen molar-refractivity contribution in [1.82, 2.24) is 10.2 Å². The highest BCUT2D eigenvalue weighted by Crippen LogP contribution is 2.26. The third kappa shape index (κ3) is 3.67. The van der Waals surface area contributed by atoms with Crippen LogP contribution in [-0.2, 0) is 0 Å². The molecule has 0 saturated carbocycles. The molecular formula is C13H19BrClFN2. The Kier molecular flexibility index (Phi) is 6.57. The van der Waals surface area contributed by atoms with Crippen molar-refractivity contribution in [3.05, 3.63) is 33.8 Å². The van der Waals surface area contributed by atoms with Gasteiger partial charge in [0.05, 0.1) is 6.04 Å². The standard InChI is InChI=1S/C13H18BrFN2.ClH/c1-10-2-3-11(8-12(10)14)13(9-15)17-6-4-16-5-7-17;/h2-3,8,13,16H,4-7,9H2,1H3;1H/t13-;/m0./s1. The van der Waals surface area contributed by atoms with Gasteiger partial charge in [-0.3, -0.25) is 4.90 Å². The van der Waals surface area contributed by atoms with Crippen molar-refractivity contribution in [1.29, 1.82) is 0 Å². The highest BCUT2D eigenvalue weighted by Gasteiger charge is 2.22. The van der Waals surface area contributed by atoms with Gasteiger partial charge in [0.25, 0.3) is 0 Å². The molecule has 1 aromatic carbocycles. The number of aryl methyl sites for hydroxylation is 1. The molecule has 5 heteroatoms. The molecule has 0 amide bonds. The predicted octanol–water partition coefficient (Wildman–Crippen LogP) is 3.10. The summed E-state index contributed by atoms with van der Waals surface area (Å²) in [5.41, 5.74) is 2.25. The van der Waals surface area contributed by atoms with Gasteiger partial charge in [0.15, 0.2) is 0 Å². The summed E-state index contributed by atoms with van der Waals surface area (Å²) in [5.74, 6) is 0. The second-order valence-corrected chi connectivity index (χ2v) is 5.32. The van der Waals surface area contributed by atoms with E-state index in [-0.39, 0.29) is 25.1 Å². The van der Waals surface area contributed by atoms with E-state index in [1.807, 2.05) is 25.1 Å². The lowest BCUT2D eigenvalue weighted by Gasteiger charge is -2.33. The summed E-state index contributed by atoms with van der Waals surface area (Å²) < 4.78 is 14.3. The maximum atomic E-state index is 13.3. The normalized spacial score (nSPS) is 18.2. The van der Waals surface area contributed by atoms with Crippen LogP contribution in [0.25, 0.3) is 0 Å². The summed E-state index contributed by atoms with van der Waals surface area (Å²) in [6, 6.07) is 6.02. The minimum atomic E-state index is -0.324. The van der Waals surface area contributed by atoms with Gasteiger partial charge in [-0.15, -0.1) is 12.4 Å². The second kappa shape index (κ2) is 7.43. The molecule has 0 spiro atoms. The van der Waals surface area contributed by atoms with E-state index < -0.39 is 0 Å². The highest BCUT2D eigenvalue weighted by atomic mass is 79.9. The number of rotatable bonds is 3. The van der Waals surface area contributed by atoms with E-state index in [9.17, 15) is 4.39 Å². The summed E-state index contributed by atoms with van der Waals surface area (Å²) in [6.07, 6.45) is 0. The lowest BCUT2D eigenvalue weighted by molar-refractivity contribution is 0.147. The van der Waals surface area contributed by atoms with Crippen LogP contribution in [0.3, 0.4) is 0 Å². The summed E-state index contributed by atoms with van der Waals surface area (Å²) in [5, 5.41) is 3.29. The topological polar surface area (TPSA) is 15.3 Å². The van der Waals surface area contributed by atoms with Crippen LogP contribution in [0.2, 0.25) is 0 Å². The van der Waals surface area contributed by atoms with Gasteiger partial charge in [-0.2, -0.15) is 0 Å². The lowest BCUT2D eigenvalue weighted by atomic mass is 10.0. The van der Waals surface area contributed by atoms with Crippen molar-refractivity contribution in [3.8, 4) is 0 Å². The SMILES string of the molecule is Cc1ccc([C@H](CF)N2CCNCC2)cc1Br.Cl. The molecule has 0 radical (unpaired) electrons. The molecule has 1 fully saturated rings. The molecule has 0 bridgehead atoms. The molecule has 2 nitrogen and oxygen atoms in total. The third-order valence-corrected chi connectivity index (χ3v) is 4.17. The molecule has 1 aliphatic rings. The molecule has 1 atom stereocenters. The van der Waals surface area contributed by atoms with Crippen molar-refractivity contribution >= 4 is 28.3 Å². The van der Waals surface area contributed by atoms with E-state index in [0.717, 1.165) is 36.2 Å². The molecule has 1 saturated heterocycles. The van der Waals surface area contributed by atoms with Gasteiger partial charge in [-0.05, 0) is 24.1 Å². The molecule has 1 heterocycles.